The molecule has 8 heteroatoms. The molecule has 1 aliphatic rings. The van der Waals surface area contributed by atoms with Gasteiger partial charge in [-0.3, -0.25) is 4.79 Å². The number of fused-ring (bicyclic) bond motifs is 1. The second-order valence-electron chi connectivity index (χ2n) is 6.68. The van der Waals surface area contributed by atoms with Gasteiger partial charge in [-0.1, -0.05) is 18.6 Å². The summed E-state index contributed by atoms with van der Waals surface area (Å²) in [6, 6.07) is 6.90. The van der Waals surface area contributed by atoms with E-state index in [0.29, 0.717) is 17.4 Å². The summed E-state index contributed by atoms with van der Waals surface area (Å²) in [7, 11) is 1.34. The van der Waals surface area contributed by atoms with Crippen LogP contribution in [0.5, 0.6) is 0 Å². The molecular formula is C19H20FN5O2. The van der Waals surface area contributed by atoms with Crippen LogP contribution in [0.25, 0.3) is 11.0 Å². The zero-order valence-electron chi connectivity index (χ0n) is 14.9. The molecule has 0 saturated heterocycles. The van der Waals surface area contributed by atoms with E-state index in [-0.39, 0.29) is 24.4 Å². The van der Waals surface area contributed by atoms with Gasteiger partial charge in [-0.2, -0.15) is 5.10 Å². The van der Waals surface area contributed by atoms with E-state index in [0.717, 1.165) is 30.2 Å². The maximum absolute atomic E-state index is 13.2. The number of benzene rings is 1. The van der Waals surface area contributed by atoms with Gasteiger partial charge >= 0.3 is 5.97 Å². The number of hydrogen-bond acceptors (Lipinski definition) is 6. The Kier molecular flexibility index (Phi) is 4.70. The fourth-order valence-corrected chi connectivity index (χ4v) is 3.73. The van der Waals surface area contributed by atoms with Crippen LogP contribution in [0.1, 0.15) is 30.7 Å². The molecule has 1 saturated carbocycles. The Hall–Kier alpha value is -3.03. The third kappa shape index (κ3) is 3.47. The average molecular weight is 369 g/mol. The van der Waals surface area contributed by atoms with Gasteiger partial charge in [0.1, 0.15) is 24.5 Å². The maximum atomic E-state index is 13.2. The molecule has 2 aromatic heterocycles. The predicted molar refractivity (Wildman–Crippen MR) is 97.7 cm³/mol. The number of anilines is 1. The standard InChI is InChI=1S/C19H20FN5O2/c1-27-17(26)10-25-19-15(9-23-25)18(21-11-22-19)24-16-4-2-3-14(16)12-5-7-13(20)8-6-12/h5-9,11,14,16H,2-4,10H2,1H3,(H,21,22,24). The molecule has 2 unspecified atom stereocenters. The number of hydrogen-bond donors (Lipinski definition) is 1. The first kappa shape index (κ1) is 17.4. The molecule has 7 nitrogen and oxygen atoms in total. The molecule has 2 heterocycles. The Balaban J connectivity index is 1.59. The third-order valence-corrected chi connectivity index (χ3v) is 5.08. The molecule has 140 valence electrons. The largest absolute Gasteiger partial charge is 0.468 e. The number of esters is 1. The quantitative estimate of drug-likeness (QED) is 0.697. The van der Waals surface area contributed by atoms with Crippen LogP contribution in [0.4, 0.5) is 10.2 Å². The van der Waals surface area contributed by atoms with Crippen molar-refractivity contribution in [1.29, 1.82) is 0 Å². The minimum Gasteiger partial charge on any atom is -0.468 e. The summed E-state index contributed by atoms with van der Waals surface area (Å²) in [5.41, 5.74) is 1.70. The van der Waals surface area contributed by atoms with Crippen molar-refractivity contribution in [1.82, 2.24) is 19.7 Å². The van der Waals surface area contributed by atoms with Crippen molar-refractivity contribution in [2.24, 2.45) is 0 Å². The van der Waals surface area contributed by atoms with Crippen molar-refractivity contribution >= 4 is 22.8 Å². The van der Waals surface area contributed by atoms with E-state index in [1.54, 1.807) is 6.20 Å². The van der Waals surface area contributed by atoms with Crippen LogP contribution in [0.15, 0.2) is 36.8 Å². The molecular weight excluding hydrogens is 349 g/mol. The number of carbonyl (C=O) groups excluding carboxylic acids is 1. The second kappa shape index (κ2) is 7.30. The number of methoxy groups -OCH3 is 1. The molecule has 1 N–H and O–H groups in total. The lowest BCUT2D eigenvalue weighted by atomic mass is 9.94. The van der Waals surface area contributed by atoms with Crippen LogP contribution in [-0.4, -0.2) is 38.9 Å². The van der Waals surface area contributed by atoms with E-state index in [4.69, 9.17) is 4.74 Å². The average Bonchev–Trinajstić information content (AvgIpc) is 3.30. The van der Waals surface area contributed by atoms with E-state index in [1.165, 1.54) is 30.3 Å². The van der Waals surface area contributed by atoms with E-state index in [2.05, 4.69) is 20.4 Å². The van der Waals surface area contributed by atoms with Gasteiger partial charge in [0.05, 0.1) is 18.7 Å². The second-order valence-corrected chi connectivity index (χ2v) is 6.68. The molecule has 0 radical (unpaired) electrons. The molecule has 1 fully saturated rings. The van der Waals surface area contributed by atoms with Gasteiger partial charge in [0.15, 0.2) is 5.65 Å². The van der Waals surface area contributed by atoms with Crippen molar-refractivity contribution in [2.45, 2.75) is 37.8 Å². The summed E-state index contributed by atoms with van der Waals surface area (Å²) in [6.45, 7) is -0.00190. The zero-order valence-corrected chi connectivity index (χ0v) is 14.9. The van der Waals surface area contributed by atoms with Crippen LogP contribution in [-0.2, 0) is 16.1 Å². The Labute approximate surface area is 155 Å². The maximum Gasteiger partial charge on any atom is 0.327 e. The van der Waals surface area contributed by atoms with Crippen LogP contribution >= 0.6 is 0 Å². The van der Waals surface area contributed by atoms with Crippen LogP contribution in [0, 0.1) is 5.82 Å². The Morgan fingerprint density at radius 1 is 1.30 bits per heavy atom. The molecule has 0 spiro atoms. The van der Waals surface area contributed by atoms with Gasteiger partial charge in [0, 0.05) is 12.0 Å². The predicted octanol–water partition coefficient (Wildman–Crippen LogP) is 2.89. The fraction of sp³-hybridized carbons (Fsp3) is 0.368. The number of nitrogens with zero attached hydrogens (tertiary/aromatic N) is 4. The number of carbonyl (C=O) groups is 1. The molecule has 0 aliphatic heterocycles. The SMILES string of the molecule is COC(=O)Cn1ncc2c(NC3CCCC3c3ccc(F)cc3)ncnc21. The van der Waals surface area contributed by atoms with Gasteiger partial charge in [-0.25, -0.2) is 19.0 Å². The highest BCUT2D eigenvalue weighted by Crippen LogP contribution is 2.37. The topological polar surface area (TPSA) is 81.9 Å². The van der Waals surface area contributed by atoms with Crippen LogP contribution in [0.3, 0.4) is 0 Å². The lowest BCUT2D eigenvalue weighted by Gasteiger charge is -2.22. The lowest BCUT2D eigenvalue weighted by Crippen LogP contribution is -2.23. The molecule has 0 bridgehead atoms. The first-order chi connectivity index (χ1) is 13.2. The van der Waals surface area contributed by atoms with Crippen LogP contribution in [0.2, 0.25) is 0 Å². The van der Waals surface area contributed by atoms with Crippen molar-refractivity contribution in [2.75, 3.05) is 12.4 Å². The van der Waals surface area contributed by atoms with Crippen LogP contribution < -0.4 is 5.32 Å². The number of rotatable bonds is 5. The normalized spacial score (nSPS) is 19.3. The summed E-state index contributed by atoms with van der Waals surface area (Å²) < 4.78 is 19.4. The lowest BCUT2D eigenvalue weighted by molar-refractivity contribution is -0.141. The van der Waals surface area contributed by atoms with Crippen molar-refractivity contribution in [3.63, 3.8) is 0 Å². The highest BCUT2D eigenvalue weighted by molar-refractivity contribution is 5.87. The van der Waals surface area contributed by atoms with Gasteiger partial charge in [0.25, 0.3) is 0 Å². The highest BCUT2D eigenvalue weighted by Gasteiger charge is 2.29. The van der Waals surface area contributed by atoms with Gasteiger partial charge in [-0.15, -0.1) is 0 Å². The van der Waals surface area contributed by atoms with Crippen molar-refractivity contribution < 1.29 is 13.9 Å². The molecule has 2 atom stereocenters. The molecule has 0 amide bonds. The fourth-order valence-electron chi connectivity index (χ4n) is 3.73. The van der Waals surface area contributed by atoms with Crippen molar-refractivity contribution in [3.8, 4) is 0 Å². The molecule has 1 aromatic carbocycles. The Bertz CT molecular complexity index is 956. The number of nitrogens with one attached hydrogen (secondary N) is 1. The van der Waals surface area contributed by atoms with Gasteiger partial charge < -0.3 is 10.1 Å². The van der Waals surface area contributed by atoms with E-state index in [1.807, 2.05) is 12.1 Å². The number of ether oxygens (including phenoxy) is 1. The number of aromatic nitrogens is 4. The summed E-state index contributed by atoms with van der Waals surface area (Å²) >= 11 is 0. The molecule has 1 aliphatic carbocycles. The minimum absolute atomic E-state index is 0.00190. The summed E-state index contributed by atoms with van der Waals surface area (Å²) in [5, 5.41) is 8.51. The van der Waals surface area contributed by atoms with Crippen molar-refractivity contribution in [3.05, 3.63) is 48.2 Å². The first-order valence-corrected chi connectivity index (χ1v) is 8.91. The van der Waals surface area contributed by atoms with Gasteiger partial charge in [0.2, 0.25) is 0 Å². The highest BCUT2D eigenvalue weighted by atomic mass is 19.1. The zero-order chi connectivity index (χ0) is 18.8. The first-order valence-electron chi connectivity index (χ1n) is 8.91. The monoisotopic (exact) mass is 369 g/mol. The summed E-state index contributed by atoms with van der Waals surface area (Å²) in [4.78, 5) is 20.2. The molecule has 4 rings (SSSR count). The third-order valence-electron chi connectivity index (χ3n) is 5.08. The summed E-state index contributed by atoms with van der Waals surface area (Å²) in [6.07, 6.45) is 6.25. The van der Waals surface area contributed by atoms with E-state index >= 15 is 0 Å². The molecule has 3 aromatic rings. The van der Waals surface area contributed by atoms with E-state index < -0.39 is 0 Å². The molecule has 27 heavy (non-hydrogen) atoms. The van der Waals surface area contributed by atoms with Gasteiger partial charge in [-0.05, 0) is 30.5 Å². The number of halogens is 1. The minimum atomic E-state index is -0.389. The van der Waals surface area contributed by atoms with E-state index in [9.17, 15) is 9.18 Å². The smallest absolute Gasteiger partial charge is 0.327 e. The summed E-state index contributed by atoms with van der Waals surface area (Å²) in [5.74, 6) is 0.368. The Morgan fingerprint density at radius 2 is 2.11 bits per heavy atom. The Morgan fingerprint density at radius 3 is 2.89 bits per heavy atom.